The molecule has 0 unspecified atom stereocenters. The summed E-state index contributed by atoms with van der Waals surface area (Å²) in [7, 11) is 0. The molecule has 4 aromatic rings. The predicted octanol–water partition coefficient (Wildman–Crippen LogP) is 6.24. The highest BCUT2D eigenvalue weighted by Crippen LogP contribution is 2.40. The Bertz CT molecular complexity index is 1050. The van der Waals surface area contributed by atoms with Crippen LogP contribution in [0.3, 0.4) is 0 Å². The summed E-state index contributed by atoms with van der Waals surface area (Å²) in [5.74, 6) is 1.16. The lowest BCUT2D eigenvalue weighted by Gasteiger charge is -2.16. The molecule has 156 valence electrons. The number of rotatable bonds is 7. The summed E-state index contributed by atoms with van der Waals surface area (Å²) < 4.78 is 2.34. The van der Waals surface area contributed by atoms with Crippen LogP contribution in [-0.4, -0.2) is 16.1 Å². The van der Waals surface area contributed by atoms with E-state index in [1.807, 2.05) is 11.8 Å². The monoisotopic (exact) mass is 425 g/mol. The number of nitrogens with zero attached hydrogens (tertiary/aromatic N) is 2. The number of aromatic nitrogens is 2. The number of imidazole rings is 1. The Morgan fingerprint density at radius 1 is 0.871 bits per heavy atom. The topological polar surface area (TPSA) is 29.9 Å². The molecular weight excluding hydrogens is 398 g/mol. The van der Waals surface area contributed by atoms with E-state index >= 15 is 0 Å². The van der Waals surface area contributed by atoms with Crippen LogP contribution in [0.2, 0.25) is 0 Å². The second kappa shape index (κ2) is 9.54. The van der Waals surface area contributed by atoms with E-state index in [-0.39, 0.29) is 5.25 Å². The minimum absolute atomic E-state index is 0.215. The van der Waals surface area contributed by atoms with E-state index in [9.17, 15) is 0 Å². The average molecular weight is 426 g/mol. The van der Waals surface area contributed by atoms with Gasteiger partial charge < -0.3 is 9.88 Å². The molecule has 3 nitrogen and oxygen atoms in total. The maximum atomic E-state index is 5.14. The van der Waals surface area contributed by atoms with Gasteiger partial charge in [0.1, 0.15) is 10.9 Å². The zero-order valence-corrected chi connectivity index (χ0v) is 18.3. The molecule has 1 fully saturated rings. The molecule has 1 aliphatic rings. The molecular formula is C27H27N3S. The van der Waals surface area contributed by atoms with Crippen molar-refractivity contribution in [3.8, 4) is 0 Å². The van der Waals surface area contributed by atoms with Gasteiger partial charge in [0.2, 0.25) is 0 Å². The number of hydrogen-bond acceptors (Lipinski definition) is 3. The lowest BCUT2D eigenvalue weighted by atomic mass is 10.0. The van der Waals surface area contributed by atoms with E-state index < -0.39 is 0 Å². The van der Waals surface area contributed by atoms with E-state index in [4.69, 9.17) is 4.98 Å². The summed E-state index contributed by atoms with van der Waals surface area (Å²) in [5.41, 5.74) is 3.91. The van der Waals surface area contributed by atoms with Crippen LogP contribution in [-0.2, 0) is 6.54 Å². The molecule has 2 heterocycles. The molecule has 0 saturated carbocycles. The van der Waals surface area contributed by atoms with Crippen LogP contribution in [0.1, 0.15) is 46.6 Å². The highest BCUT2D eigenvalue weighted by Gasteiger charge is 2.24. The van der Waals surface area contributed by atoms with E-state index in [0.717, 1.165) is 30.4 Å². The quantitative estimate of drug-likeness (QED) is 0.356. The summed E-state index contributed by atoms with van der Waals surface area (Å²) in [5, 5.41) is 4.93. The first kappa shape index (κ1) is 20.1. The first-order valence-corrected chi connectivity index (χ1v) is 11.9. The van der Waals surface area contributed by atoms with E-state index in [2.05, 4.69) is 107 Å². The van der Waals surface area contributed by atoms with Gasteiger partial charge in [0, 0.05) is 12.7 Å². The van der Waals surface area contributed by atoms with Crippen molar-refractivity contribution < 1.29 is 0 Å². The van der Waals surface area contributed by atoms with Crippen LogP contribution in [0.25, 0.3) is 0 Å². The molecule has 0 radical (unpaired) electrons. The fraction of sp³-hybridized carbons (Fsp3) is 0.222. The van der Waals surface area contributed by atoms with Crippen LogP contribution in [0, 0.1) is 0 Å². The van der Waals surface area contributed by atoms with Gasteiger partial charge in [-0.15, -0.1) is 0 Å². The zero-order chi connectivity index (χ0) is 20.9. The molecule has 5 rings (SSSR count). The summed E-state index contributed by atoms with van der Waals surface area (Å²) in [6, 6.07) is 32.5. The summed E-state index contributed by atoms with van der Waals surface area (Å²) in [4.78, 5) is 5.14. The van der Waals surface area contributed by atoms with Crippen molar-refractivity contribution in [2.24, 2.45) is 0 Å². The van der Waals surface area contributed by atoms with Crippen molar-refractivity contribution in [3.63, 3.8) is 0 Å². The predicted molar refractivity (Wildman–Crippen MR) is 128 cm³/mol. The van der Waals surface area contributed by atoms with Crippen molar-refractivity contribution in [1.29, 1.82) is 0 Å². The second-order valence-electron chi connectivity index (χ2n) is 8.02. The smallest absolute Gasteiger partial charge is 0.127 e. The van der Waals surface area contributed by atoms with Gasteiger partial charge in [0.25, 0.3) is 0 Å². The van der Waals surface area contributed by atoms with Gasteiger partial charge in [-0.1, -0.05) is 103 Å². The third-order valence-electron chi connectivity index (χ3n) is 5.80. The molecule has 4 heteroatoms. The molecule has 0 spiro atoms. The van der Waals surface area contributed by atoms with Gasteiger partial charge >= 0.3 is 0 Å². The van der Waals surface area contributed by atoms with E-state index in [1.165, 1.54) is 23.1 Å². The van der Waals surface area contributed by atoms with Gasteiger partial charge in [-0.2, -0.15) is 0 Å². The van der Waals surface area contributed by atoms with Crippen molar-refractivity contribution in [3.05, 3.63) is 120 Å². The number of nitrogens with one attached hydrogen (secondary N) is 1. The molecule has 1 N–H and O–H groups in total. The fourth-order valence-corrected chi connectivity index (χ4v) is 5.42. The summed E-state index contributed by atoms with van der Waals surface area (Å²) in [6.45, 7) is 1.92. The minimum atomic E-state index is 0.215. The number of benzene rings is 3. The maximum Gasteiger partial charge on any atom is 0.127 e. The first-order valence-electron chi connectivity index (χ1n) is 11.0. The Labute approximate surface area is 188 Å². The average Bonchev–Trinajstić information content (AvgIpc) is 3.49. The Morgan fingerprint density at radius 3 is 2.06 bits per heavy atom. The molecule has 0 aliphatic carbocycles. The second-order valence-corrected chi connectivity index (χ2v) is 9.14. The van der Waals surface area contributed by atoms with Crippen molar-refractivity contribution >= 4 is 11.8 Å². The molecule has 1 saturated heterocycles. The molecule has 0 bridgehead atoms. The fourth-order valence-electron chi connectivity index (χ4n) is 4.26. The Hall–Kier alpha value is -2.82. The van der Waals surface area contributed by atoms with E-state index in [0.29, 0.717) is 6.04 Å². The number of thioether (sulfide) groups is 1. The SMILES string of the molecule is c1ccc(Cn2cc(SC(c3ccccc3)c3ccccc3)nc2[C@@H]2CCCN2)cc1. The lowest BCUT2D eigenvalue weighted by molar-refractivity contribution is 0.564. The van der Waals surface area contributed by atoms with Crippen LogP contribution < -0.4 is 5.32 Å². The lowest BCUT2D eigenvalue weighted by Crippen LogP contribution is -2.18. The molecule has 31 heavy (non-hydrogen) atoms. The maximum absolute atomic E-state index is 5.14. The molecule has 3 aromatic carbocycles. The highest BCUT2D eigenvalue weighted by atomic mass is 32.2. The Balaban J connectivity index is 1.49. The van der Waals surface area contributed by atoms with Crippen molar-refractivity contribution in [2.45, 2.75) is 35.7 Å². The van der Waals surface area contributed by atoms with Crippen molar-refractivity contribution in [2.75, 3.05) is 6.54 Å². The third kappa shape index (κ3) is 4.76. The summed E-state index contributed by atoms with van der Waals surface area (Å²) in [6.07, 6.45) is 4.60. The van der Waals surface area contributed by atoms with Gasteiger partial charge in [-0.05, 0) is 36.1 Å². The van der Waals surface area contributed by atoms with Crippen LogP contribution in [0.15, 0.2) is 102 Å². The van der Waals surface area contributed by atoms with Gasteiger partial charge in [-0.3, -0.25) is 0 Å². The van der Waals surface area contributed by atoms with Gasteiger partial charge in [-0.25, -0.2) is 4.98 Å². The zero-order valence-electron chi connectivity index (χ0n) is 17.5. The van der Waals surface area contributed by atoms with Crippen molar-refractivity contribution in [1.82, 2.24) is 14.9 Å². The van der Waals surface area contributed by atoms with Crippen LogP contribution in [0.4, 0.5) is 0 Å². The molecule has 1 aromatic heterocycles. The van der Waals surface area contributed by atoms with Crippen LogP contribution >= 0.6 is 11.8 Å². The van der Waals surface area contributed by atoms with Crippen LogP contribution in [0.5, 0.6) is 0 Å². The minimum Gasteiger partial charge on any atom is -0.328 e. The molecule has 1 atom stereocenters. The largest absolute Gasteiger partial charge is 0.328 e. The Morgan fingerprint density at radius 2 is 1.48 bits per heavy atom. The third-order valence-corrected chi connectivity index (χ3v) is 7.01. The Kier molecular flexibility index (Phi) is 6.19. The molecule has 0 amide bonds. The molecule has 1 aliphatic heterocycles. The highest BCUT2D eigenvalue weighted by molar-refractivity contribution is 7.99. The standard InChI is InChI=1S/C27H27N3S/c1-4-11-21(12-5-1)19-30-20-25(29-27(30)24-17-10-18-28-24)31-26(22-13-6-2-7-14-22)23-15-8-3-9-16-23/h1-9,11-16,20,24,26,28H,10,17-19H2/t24-/m0/s1. The van der Waals surface area contributed by atoms with Gasteiger partial charge in [0.05, 0.1) is 11.3 Å². The van der Waals surface area contributed by atoms with Gasteiger partial charge in [0.15, 0.2) is 0 Å². The normalized spacial score (nSPS) is 16.1. The van der Waals surface area contributed by atoms with E-state index in [1.54, 1.807) is 0 Å². The summed E-state index contributed by atoms with van der Waals surface area (Å²) >= 11 is 1.84. The number of hydrogen-bond donors (Lipinski definition) is 1. The first-order chi connectivity index (χ1) is 15.4.